The van der Waals surface area contributed by atoms with Crippen LogP contribution >= 0.6 is 12.2 Å². The summed E-state index contributed by atoms with van der Waals surface area (Å²) in [5.74, 6) is 0.947. The molecule has 0 amide bonds. The molecule has 1 rings (SSSR count). The molecule has 0 N–H and O–H groups in total. The summed E-state index contributed by atoms with van der Waals surface area (Å²) in [7, 11) is 0. The fourth-order valence-electron chi connectivity index (χ4n) is 1.62. The fraction of sp³-hybridized carbons (Fsp3) is 0.900. The summed E-state index contributed by atoms with van der Waals surface area (Å²) in [5, 5.41) is 0. The highest BCUT2D eigenvalue weighted by Gasteiger charge is 2.14. The first-order chi connectivity index (χ1) is 5.29. The average Bonchev–Trinajstić information content (AvgIpc) is 2.43. The van der Waals surface area contributed by atoms with Crippen molar-refractivity contribution >= 4 is 17.1 Å². The lowest BCUT2D eigenvalue weighted by atomic mass is 10.0. The lowest BCUT2D eigenvalue weighted by Crippen LogP contribution is -1.98. The Hall–Kier alpha value is 0.0900. The molecular formula is C10H20S. The van der Waals surface area contributed by atoms with Crippen LogP contribution in [0, 0.1) is 5.92 Å². The summed E-state index contributed by atoms with van der Waals surface area (Å²) in [6.07, 6.45) is 6.93. The molecule has 1 aliphatic rings. The van der Waals surface area contributed by atoms with Gasteiger partial charge < -0.3 is 0 Å². The minimum Gasteiger partial charge on any atom is -0.0900 e. The van der Waals surface area contributed by atoms with Crippen molar-refractivity contribution in [2.75, 3.05) is 0 Å². The summed E-state index contributed by atoms with van der Waals surface area (Å²) >= 11 is 5.03. The average molecular weight is 172 g/mol. The molecule has 0 radical (unpaired) electrons. The van der Waals surface area contributed by atoms with E-state index in [0.29, 0.717) is 0 Å². The van der Waals surface area contributed by atoms with E-state index < -0.39 is 0 Å². The van der Waals surface area contributed by atoms with Gasteiger partial charge >= 0.3 is 0 Å². The van der Waals surface area contributed by atoms with Crippen molar-refractivity contribution < 1.29 is 0 Å². The van der Waals surface area contributed by atoms with Crippen LogP contribution in [0.4, 0.5) is 0 Å². The monoisotopic (exact) mass is 172 g/mol. The first-order valence-corrected chi connectivity index (χ1v) is 5.19. The lowest BCUT2D eigenvalue weighted by Gasteiger charge is -2.04. The van der Waals surface area contributed by atoms with Crippen molar-refractivity contribution in [3.63, 3.8) is 0 Å². The van der Waals surface area contributed by atoms with Gasteiger partial charge in [0.25, 0.3) is 0 Å². The number of hydrogen-bond acceptors (Lipinski definition) is 1. The number of thiocarbonyl (C=S) groups is 1. The van der Waals surface area contributed by atoms with Crippen LogP contribution in [0.5, 0.6) is 0 Å². The molecule has 1 fully saturated rings. The zero-order valence-electron chi connectivity index (χ0n) is 8.02. The van der Waals surface area contributed by atoms with E-state index in [0.717, 1.165) is 5.92 Å². The summed E-state index contributed by atoms with van der Waals surface area (Å²) in [5.41, 5.74) is 0. The van der Waals surface area contributed by atoms with Crippen molar-refractivity contribution in [2.24, 2.45) is 5.92 Å². The van der Waals surface area contributed by atoms with E-state index in [4.69, 9.17) is 12.2 Å². The SMILES string of the molecule is CC.CC(=S)CC1CCCC1. The molecule has 0 nitrogen and oxygen atoms in total. The Morgan fingerprint density at radius 2 is 1.73 bits per heavy atom. The van der Waals surface area contributed by atoms with Crippen LogP contribution in [0.25, 0.3) is 0 Å². The highest BCUT2D eigenvalue weighted by molar-refractivity contribution is 7.80. The number of hydrogen-bond donors (Lipinski definition) is 0. The first kappa shape index (κ1) is 11.1. The first-order valence-electron chi connectivity index (χ1n) is 4.78. The van der Waals surface area contributed by atoms with Crippen LogP contribution in [0.2, 0.25) is 0 Å². The highest BCUT2D eigenvalue weighted by Crippen LogP contribution is 2.27. The van der Waals surface area contributed by atoms with E-state index in [9.17, 15) is 0 Å². The fourth-order valence-corrected chi connectivity index (χ4v) is 1.86. The second-order valence-corrected chi connectivity index (χ2v) is 3.75. The molecular weight excluding hydrogens is 152 g/mol. The third-order valence-corrected chi connectivity index (χ3v) is 2.22. The largest absolute Gasteiger partial charge is 0.0900 e. The van der Waals surface area contributed by atoms with Gasteiger partial charge in [0.05, 0.1) is 0 Å². The molecule has 0 bridgehead atoms. The maximum Gasteiger partial charge on any atom is -0.00997 e. The van der Waals surface area contributed by atoms with Crippen molar-refractivity contribution in [3.8, 4) is 0 Å². The predicted octanol–water partition coefficient (Wildman–Crippen LogP) is 3.98. The van der Waals surface area contributed by atoms with E-state index in [1.54, 1.807) is 0 Å². The smallest absolute Gasteiger partial charge is 0.00997 e. The maximum atomic E-state index is 5.03. The molecule has 11 heavy (non-hydrogen) atoms. The Balaban J connectivity index is 0.000000461. The summed E-state index contributed by atoms with van der Waals surface area (Å²) < 4.78 is 0. The van der Waals surface area contributed by atoms with E-state index >= 15 is 0 Å². The normalized spacial score (nSPS) is 17.4. The van der Waals surface area contributed by atoms with Gasteiger partial charge in [0, 0.05) is 0 Å². The van der Waals surface area contributed by atoms with Crippen LogP contribution in [-0.4, -0.2) is 4.86 Å². The van der Waals surface area contributed by atoms with Gasteiger partial charge in [-0.3, -0.25) is 0 Å². The predicted molar refractivity (Wildman–Crippen MR) is 56.2 cm³/mol. The third-order valence-electron chi connectivity index (χ3n) is 2.05. The van der Waals surface area contributed by atoms with Gasteiger partial charge in [0.2, 0.25) is 0 Å². The zero-order chi connectivity index (χ0) is 8.69. The Morgan fingerprint density at radius 1 is 1.27 bits per heavy atom. The highest BCUT2D eigenvalue weighted by atomic mass is 32.1. The molecule has 0 atom stereocenters. The Bertz CT molecular complexity index is 101. The van der Waals surface area contributed by atoms with Crippen LogP contribution in [0.1, 0.15) is 52.9 Å². The van der Waals surface area contributed by atoms with Crippen LogP contribution in [-0.2, 0) is 0 Å². The molecule has 1 saturated carbocycles. The Kier molecular flexibility index (Phi) is 6.83. The molecule has 0 aromatic rings. The Morgan fingerprint density at radius 3 is 2.09 bits per heavy atom. The second-order valence-electron chi connectivity index (χ2n) is 3.06. The van der Waals surface area contributed by atoms with Gasteiger partial charge in [-0.05, 0) is 24.1 Å². The van der Waals surface area contributed by atoms with Gasteiger partial charge in [-0.25, -0.2) is 0 Å². The van der Waals surface area contributed by atoms with Crippen LogP contribution < -0.4 is 0 Å². The minimum atomic E-state index is 0.947. The molecule has 0 spiro atoms. The molecule has 0 aromatic carbocycles. The van der Waals surface area contributed by atoms with Crippen LogP contribution in [0.15, 0.2) is 0 Å². The third kappa shape index (κ3) is 5.37. The topological polar surface area (TPSA) is 0 Å². The molecule has 66 valence electrons. The molecule has 0 saturated heterocycles. The molecule has 0 aromatic heterocycles. The van der Waals surface area contributed by atoms with Crippen LogP contribution in [0.3, 0.4) is 0 Å². The van der Waals surface area contributed by atoms with E-state index in [2.05, 4.69) is 6.92 Å². The Labute approximate surface area is 76.4 Å². The van der Waals surface area contributed by atoms with Crippen molar-refractivity contribution in [2.45, 2.75) is 52.9 Å². The minimum absolute atomic E-state index is 0.947. The van der Waals surface area contributed by atoms with Gasteiger partial charge in [-0.2, -0.15) is 0 Å². The lowest BCUT2D eigenvalue weighted by molar-refractivity contribution is 0.575. The molecule has 0 heterocycles. The van der Waals surface area contributed by atoms with E-state index in [1.165, 1.54) is 37.0 Å². The van der Waals surface area contributed by atoms with E-state index in [1.807, 2.05) is 13.8 Å². The summed E-state index contributed by atoms with van der Waals surface area (Å²) in [4.78, 5) is 1.20. The number of rotatable bonds is 2. The maximum absolute atomic E-state index is 5.03. The quantitative estimate of drug-likeness (QED) is 0.568. The molecule has 0 unspecified atom stereocenters. The molecule has 1 aliphatic carbocycles. The summed E-state index contributed by atoms with van der Waals surface area (Å²) in [6.45, 7) is 6.06. The van der Waals surface area contributed by atoms with Crippen molar-refractivity contribution in [3.05, 3.63) is 0 Å². The standard InChI is InChI=1S/C8H14S.C2H6/c1-7(9)6-8-4-2-3-5-8;1-2/h8H,2-6H2,1H3;1-2H3. The summed E-state index contributed by atoms with van der Waals surface area (Å²) in [6, 6.07) is 0. The van der Waals surface area contributed by atoms with Crippen molar-refractivity contribution in [1.29, 1.82) is 0 Å². The van der Waals surface area contributed by atoms with Gasteiger partial charge in [0.15, 0.2) is 0 Å². The zero-order valence-corrected chi connectivity index (χ0v) is 8.84. The van der Waals surface area contributed by atoms with E-state index in [-0.39, 0.29) is 0 Å². The van der Waals surface area contributed by atoms with Crippen molar-refractivity contribution in [1.82, 2.24) is 0 Å². The molecule has 0 aliphatic heterocycles. The molecule has 1 heteroatoms. The van der Waals surface area contributed by atoms with Gasteiger partial charge in [0.1, 0.15) is 0 Å². The second kappa shape index (κ2) is 6.78. The van der Waals surface area contributed by atoms with Gasteiger partial charge in [-0.15, -0.1) is 0 Å². The van der Waals surface area contributed by atoms with Gasteiger partial charge in [-0.1, -0.05) is 51.7 Å².